The highest BCUT2D eigenvalue weighted by Crippen LogP contribution is 2.31. The Morgan fingerprint density at radius 3 is 2.38 bits per heavy atom. The van der Waals surface area contributed by atoms with Gasteiger partial charge in [-0.2, -0.15) is 0 Å². The first-order valence-electron chi connectivity index (χ1n) is 3.68. The van der Waals surface area contributed by atoms with Gasteiger partial charge in [0.2, 0.25) is 0 Å². The molecule has 0 aliphatic carbocycles. The van der Waals surface area contributed by atoms with Crippen LogP contribution in [0.25, 0.3) is 0 Å². The van der Waals surface area contributed by atoms with Crippen LogP contribution in [0.15, 0.2) is 24.3 Å². The van der Waals surface area contributed by atoms with Crippen molar-refractivity contribution in [2.24, 2.45) is 5.50 Å². The molecular formula is C7H12N3OPS. The molecule has 0 spiro atoms. The van der Waals surface area contributed by atoms with E-state index in [0.717, 1.165) is 5.69 Å². The maximum Gasteiger partial charge on any atom is 0.159 e. The summed E-state index contributed by atoms with van der Waals surface area (Å²) in [7, 11) is 1.72. The van der Waals surface area contributed by atoms with Crippen LogP contribution in [0.1, 0.15) is 0 Å². The van der Waals surface area contributed by atoms with Crippen molar-refractivity contribution in [3.63, 3.8) is 0 Å². The van der Waals surface area contributed by atoms with Crippen molar-refractivity contribution in [3.8, 4) is 5.75 Å². The lowest BCUT2D eigenvalue weighted by Gasteiger charge is -2.17. The Morgan fingerprint density at radius 2 is 1.92 bits per heavy atom. The molecular weight excluding hydrogens is 205 g/mol. The number of nitrogens with two attached hydrogens (primary N) is 1. The first-order chi connectivity index (χ1) is 6.03. The predicted molar refractivity (Wildman–Crippen MR) is 59.3 cm³/mol. The summed E-state index contributed by atoms with van der Waals surface area (Å²) in [5.41, 5.74) is 6.53. The van der Waals surface area contributed by atoms with Gasteiger partial charge in [-0.25, -0.2) is 0 Å². The molecule has 0 bridgehead atoms. The molecule has 0 amide bonds. The molecule has 0 aromatic heterocycles. The van der Waals surface area contributed by atoms with Crippen molar-refractivity contribution in [1.82, 2.24) is 5.09 Å². The second-order valence-electron chi connectivity index (χ2n) is 2.54. The minimum absolute atomic E-state index is 0.223. The lowest BCUT2D eigenvalue weighted by molar-refractivity contribution is 0.475. The zero-order chi connectivity index (χ0) is 9.90. The van der Waals surface area contributed by atoms with E-state index in [1.54, 1.807) is 31.3 Å². The van der Waals surface area contributed by atoms with Crippen molar-refractivity contribution < 1.29 is 5.11 Å². The molecule has 1 rings (SSSR count). The van der Waals surface area contributed by atoms with Crippen LogP contribution >= 0.6 is 6.49 Å². The fraction of sp³-hybridized carbons (Fsp3) is 0.143. The molecule has 1 aromatic carbocycles. The molecule has 0 aliphatic rings. The Hall–Kier alpha value is -0.610. The van der Waals surface area contributed by atoms with E-state index in [2.05, 4.69) is 10.2 Å². The minimum atomic E-state index is -2.16. The summed E-state index contributed by atoms with van der Waals surface area (Å²) in [5, 5.41) is 14.8. The second-order valence-corrected chi connectivity index (χ2v) is 6.25. The summed E-state index contributed by atoms with van der Waals surface area (Å²) in [4.78, 5) is 0. The van der Waals surface area contributed by atoms with Crippen LogP contribution in [0.4, 0.5) is 5.69 Å². The number of nitrogens with one attached hydrogen (secondary N) is 2. The highest BCUT2D eigenvalue weighted by atomic mass is 32.4. The highest BCUT2D eigenvalue weighted by molar-refractivity contribution is 8.13. The third-order valence-corrected chi connectivity index (χ3v) is 3.57. The molecule has 0 aliphatic heterocycles. The number of phenolic OH excluding ortho intramolecular Hbond substituents is 1. The Morgan fingerprint density at radius 1 is 1.38 bits per heavy atom. The van der Waals surface area contributed by atoms with Crippen LogP contribution in [0, 0.1) is 0 Å². The van der Waals surface area contributed by atoms with Gasteiger partial charge in [-0.05, 0) is 43.1 Å². The summed E-state index contributed by atoms with van der Waals surface area (Å²) in [6.45, 7) is -2.16. The number of hydrogen-bond acceptors (Lipinski definition) is 2. The topological polar surface area (TPSA) is 70.3 Å². The normalized spacial score (nSPS) is 14.9. The number of phenols is 1. The monoisotopic (exact) mass is 217 g/mol. The molecule has 1 atom stereocenters. The van der Waals surface area contributed by atoms with Crippen molar-refractivity contribution >= 4 is 24.0 Å². The van der Waals surface area contributed by atoms with E-state index in [1.165, 1.54) is 0 Å². The van der Waals surface area contributed by atoms with Crippen LogP contribution < -0.4 is 15.7 Å². The summed E-state index contributed by atoms with van der Waals surface area (Å²) in [5.74, 6) is 0.223. The van der Waals surface area contributed by atoms with E-state index < -0.39 is 6.49 Å². The van der Waals surface area contributed by atoms with Gasteiger partial charge in [-0.15, -0.1) is 0 Å². The number of anilines is 1. The lowest BCUT2D eigenvalue weighted by Crippen LogP contribution is -2.17. The van der Waals surface area contributed by atoms with Gasteiger partial charge in [-0.1, -0.05) is 0 Å². The molecule has 6 heteroatoms. The van der Waals surface area contributed by atoms with E-state index >= 15 is 0 Å². The van der Waals surface area contributed by atoms with Gasteiger partial charge in [0, 0.05) is 5.69 Å². The minimum Gasteiger partial charge on any atom is -0.508 e. The smallest absolute Gasteiger partial charge is 0.159 e. The molecule has 13 heavy (non-hydrogen) atoms. The quantitative estimate of drug-likeness (QED) is 0.452. The van der Waals surface area contributed by atoms with E-state index in [1.807, 2.05) is 0 Å². The molecule has 4 nitrogen and oxygen atoms in total. The van der Waals surface area contributed by atoms with Crippen LogP contribution in [-0.4, -0.2) is 12.2 Å². The third kappa shape index (κ3) is 3.32. The van der Waals surface area contributed by atoms with Gasteiger partial charge in [0.15, 0.2) is 6.49 Å². The Kier molecular flexibility index (Phi) is 3.27. The van der Waals surface area contributed by atoms with Gasteiger partial charge in [-0.3, -0.25) is 10.6 Å². The van der Waals surface area contributed by atoms with Gasteiger partial charge >= 0.3 is 0 Å². The fourth-order valence-corrected chi connectivity index (χ4v) is 1.74. The van der Waals surface area contributed by atoms with E-state index in [-0.39, 0.29) is 5.75 Å². The van der Waals surface area contributed by atoms with Crippen molar-refractivity contribution in [1.29, 1.82) is 0 Å². The second kappa shape index (κ2) is 4.07. The molecule has 5 N–H and O–H groups in total. The van der Waals surface area contributed by atoms with Crippen LogP contribution in [0.3, 0.4) is 0 Å². The number of rotatable bonds is 3. The number of benzene rings is 1. The third-order valence-electron chi connectivity index (χ3n) is 1.49. The molecule has 0 saturated carbocycles. The van der Waals surface area contributed by atoms with Crippen LogP contribution in [-0.2, 0) is 11.8 Å². The average Bonchev–Trinajstić information content (AvgIpc) is 2.09. The molecule has 0 radical (unpaired) electrons. The lowest BCUT2D eigenvalue weighted by atomic mass is 10.3. The Bertz CT molecular complexity index is 327. The fourth-order valence-electron chi connectivity index (χ4n) is 0.784. The Labute approximate surface area is 82.3 Å². The van der Waals surface area contributed by atoms with Gasteiger partial charge in [0.05, 0.1) is 0 Å². The van der Waals surface area contributed by atoms with E-state index in [0.29, 0.717) is 0 Å². The summed E-state index contributed by atoms with van der Waals surface area (Å²) in [6.07, 6.45) is 0. The van der Waals surface area contributed by atoms with Crippen molar-refractivity contribution in [2.75, 3.05) is 12.1 Å². The zero-order valence-electron chi connectivity index (χ0n) is 7.19. The molecule has 1 unspecified atom stereocenters. The molecule has 0 heterocycles. The summed E-state index contributed by atoms with van der Waals surface area (Å²) >= 11 is 5.06. The maximum absolute atomic E-state index is 9.02. The maximum atomic E-state index is 9.02. The van der Waals surface area contributed by atoms with E-state index in [4.69, 9.17) is 22.4 Å². The summed E-state index contributed by atoms with van der Waals surface area (Å²) < 4.78 is 0. The molecule has 0 saturated heterocycles. The van der Waals surface area contributed by atoms with E-state index in [9.17, 15) is 0 Å². The SMILES string of the molecule is CNP(N)(=S)Nc1ccc(O)cc1. The van der Waals surface area contributed by atoms with Crippen molar-refractivity contribution in [2.45, 2.75) is 0 Å². The van der Waals surface area contributed by atoms with Crippen LogP contribution in [0.2, 0.25) is 0 Å². The molecule has 72 valence electrons. The largest absolute Gasteiger partial charge is 0.508 e. The van der Waals surface area contributed by atoms with Gasteiger partial charge < -0.3 is 10.2 Å². The molecule has 0 fully saturated rings. The first-order valence-corrected chi connectivity index (χ1v) is 6.55. The predicted octanol–water partition coefficient (Wildman–Crippen LogP) is 1.21. The highest BCUT2D eigenvalue weighted by Gasteiger charge is 2.05. The van der Waals surface area contributed by atoms with Crippen molar-refractivity contribution in [3.05, 3.63) is 24.3 Å². The number of hydrogen-bond donors (Lipinski definition) is 4. The van der Waals surface area contributed by atoms with Gasteiger partial charge in [0.25, 0.3) is 0 Å². The zero-order valence-corrected chi connectivity index (χ0v) is 8.90. The molecule has 1 aromatic rings. The average molecular weight is 217 g/mol. The van der Waals surface area contributed by atoms with Crippen LogP contribution in [0.5, 0.6) is 5.75 Å². The van der Waals surface area contributed by atoms with Gasteiger partial charge in [0.1, 0.15) is 5.75 Å². The Balaban J connectivity index is 2.75. The summed E-state index contributed by atoms with van der Waals surface area (Å²) in [6, 6.07) is 6.60. The standard InChI is InChI=1S/C7H12N3OPS/c1-9-12(8,13)10-6-2-4-7(11)5-3-6/h2-5,11H,1H3,(H4,8,9,10,13). The number of aromatic hydroxyl groups is 1. The first kappa shape index (κ1) is 10.5.